The third-order valence-corrected chi connectivity index (χ3v) is 3.24. The Bertz CT molecular complexity index is 604. The minimum Gasteiger partial charge on any atom is -0.388 e. The molecule has 0 spiro atoms. The smallest absolute Gasteiger partial charge is 0.124 e. The topological polar surface area (TPSA) is 50.9 Å². The quantitative estimate of drug-likeness (QED) is 0.831. The molecule has 6 heteroatoms. The Kier molecular flexibility index (Phi) is 4.16. The Morgan fingerprint density at radius 2 is 2.11 bits per heavy atom. The van der Waals surface area contributed by atoms with E-state index in [1.807, 2.05) is 18.2 Å². The number of nitrogens with one attached hydrogen (secondary N) is 1. The molecular formula is C12H9BrClN3S. The lowest BCUT2D eigenvalue weighted by atomic mass is 10.2. The van der Waals surface area contributed by atoms with E-state index in [4.69, 9.17) is 29.6 Å². The van der Waals surface area contributed by atoms with Crippen LogP contribution in [0.3, 0.4) is 0 Å². The number of anilines is 2. The molecular weight excluding hydrogens is 334 g/mol. The number of nitrogens with two attached hydrogens (primary N) is 1. The molecule has 1 aromatic carbocycles. The van der Waals surface area contributed by atoms with E-state index < -0.39 is 0 Å². The lowest BCUT2D eigenvalue weighted by molar-refractivity contribution is 1.29. The second kappa shape index (κ2) is 5.65. The van der Waals surface area contributed by atoms with Crippen LogP contribution >= 0.6 is 39.7 Å². The average Bonchev–Trinajstić information content (AvgIpc) is 2.33. The second-order valence-corrected chi connectivity index (χ2v) is 5.28. The summed E-state index contributed by atoms with van der Waals surface area (Å²) in [5, 5.41) is 3.77. The van der Waals surface area contributed by atoms with Crippen LogP contribution in [-0.2, 0) is 0 Å². The molecule has 0 fully saturated rings. The first-order valence-electron chi connectivity index (χ1n) is 5.05. The van der Waals surface area contributed by atoms with Crippen LogP contribution < -0.4 is 11.1 Å². The van der Waals surface area contributed by atoms with E-state index in [0.29, 0.717) is 10.7 Å². The Hall–Kier alpha value is -1.17. The summed E-state index contributed by atoms with van der Waals surface area (Å²) in [6.07, 6.45) is 1.64. The van der Waals surface area contributed by atoms with Gasteiger partial charge in [-0.15, -0.1) is 0 Å². The largest absolute Gasteiger partial charge is 0.388 e. The zero-order valence-corrected chi connectivity index (χ0v) is 12.3. The van der Waals surface area contributed by atoms with Crippen LogP contribution in [-0.4, -0.2) is 9.97 Å². The fraction of sp³-hybridized carbons (Fsp3) is 0. The van der Waals surface area contributed by atoms with E-state index in [9.17, 15) is 0 Å². The molecule has 0 unspecified atom stereocenters. The van der Waals surface area contributed by atoms with Gasteiger partial charge in [0.15, 0.2) is 0 Å². The molecule has 2 rings (SSSR count). The van der Waals surface area contributed by atoms with Crippen molar-refractivity contribution in [2.75, 3.05) is 5.32 Å². The average molecular weight is 343 g/mol. The summed E-state index contributed by atoms with van der Waals surface area (Å²) in [5.74, 6) is 0. The number of aromatic nitrogens is 1. The van der Waals surface area contributed by atoms with Crippen molar-refractivity contribution in [3.63, 3.8) is 0 Å². The number of thiocarbonyl (C=S) groups is 1. The highest BCUT2D eigenvalue weighted by Crippen LogP contribution is 2.29. The number of rotatable bonds is 3. The van der Waals surface area contributed by atoms with Crippen molar-refractivity contribution in [2.45, 2.75) is 0 Å². The van der Waals surface area contributed by atoms with E-state index in [2.05, 4.69) is 26.2 Å². The molecule has 2 aromatic rings. The number of hydrogen-bond acceptors (Lipinski definition) is 3. The van der Waals surface area contributed by atoms with Crippen molar-refractivity contribution in [2.24, 2.45) is 5.73 Å². The van der Waals surface area contributed by atoms with Crippen molar-refractivity contribution in [3.05, 3.63) is 51.7 Å². The molecule has 0 atom stereocenters. The summed E-state index contributed by atoms with van der Waals surface area (Å²) < 4.78 is 0.916. The second-order valence-electron chi connectivity index (χ2n) is 3.51. The fourth-order valence-electron chi connectivity index (χ4n) is 1.44. The van der Waals surface area contributed by atoms with Gasteiger partial charge in [-0.2, -0.15) is 0 Å². The molecule has 1 heterocycles. The Morgan fingerprint density at radius 3 is 2.78 bits per heavy atom. The van der Waals surface area contributed by atoms with Crippen LogP contribution in [0.2, 0.25) is 5.02 Å². The van der Waals surface area contributed by atoms with Gasteiger partial charge >= 0.3 is 0 Å². The highest BCUT2D eigenvalue weighted by atomic mass is 79.9. The Morgan fingerprint density at radius 1 is 1.33 bits per heavy atom. The lowest BCUT2D eigenvalue weighted by Crippen LogP contribution is -2.13. The van der Waals surface area contributed by atoms with Gasteiger partial charge in [0.2, 0.25) is 0 Å². The number of hydrogen-bond donors (Lipinski definition) is 2. The fourth-order valence-corrected chi connectivity index (χ4v) is 2.32. The molecule has 0 saturated heterocycles. The lowest BCUT2D eigenvalue weighted by Gasteiger charge is -2.11. The SMILES string of the molecule is NC(=S)c1ncccc1Nc1ccc(Br)cc1Cl. The van der Waals surface area contributed by atoms with Crippen molar-refractivity contribution in [1.29, 1.82) is 0 Å². The predicted octanol–water partition coefficient (Wildman–Crippen LogP) is 3.88. The van der Waals surface area contributed by atoms with E-state index in [-0.39, 0.29) is 4.99 Å². The molecule has 3 N–H and O–H groups in total. The standard InChI is InChI=1S/C12H9BrClN3S/c13-7-3-4-9(8(14)6-7)17-10-2-1-5-16-11(10)12(15)18/h1-6,17H,(H2,15,18). The van der Waals surface area contributed by atoms with Gasteiger partial charge < -0.3 is 11.1 Å². The molecule has 18 heavy (non-hydrogen) atoms. The molecule has 92 valence electrons. The minimum atomic E-state index is 0.242. The maximum absolute atomic E-state index is 6.13. The minimum absolute atomic E-state index is 0.242. The monoisotopic (exact) mass is 341 g/mol. The summed E-state index contributed by atoms with van der Waals surface area (Å²) in [4.78, 5) is 4.38. The molecule has 1 aromatic heterocycles. The third kappa shape index (κ3) is 2.98. The first-order valence-corrected chi connectivity index (χ1v) is 6.63. The molecule has 0 aliphatic carbocycles. The molecule has 0 radical (unpaired) electrons. The normalized spacial score (nSPS) is 10.1. The van der Waals surface area contributed by atoms with Gasteiger partial charge in [0.25, 0.3) is 0 Å². The van der Waals surface area contributed by atoms with Crippen molar-refractivity contribution in [1.82, 2.24) is 4.98 Å². The molecule has 3 nitrogen and oxygen atoms in total. The maximum atomic E-state index is 6.13. The van der Waals surface area contributed by atoms with Crippen LogP contribution in [0.5, 0.6) is 0 Å². The number of pyridine rings is 1. The summed E-state index contributed by atoms with van der Waals surface area (Å²) in [6, 6.07) is 9.21. The summed E-state index contributed by atoms with van der Waals surface area (Å²) in [5.41, 5.74) is 7.67. The highest BCUT2D eigenvalue weighted by molar-refractivity contribution is 9.10. The van der Waals surface area contributed by atoms with Crippen LogP contribution in [0.4, 0.5) is 11.4 Å². The van der Waals surface area contributed by atoms with E-state index in [0.717, 1.165) is 15.8 Å². The summed E-state index contributed by atoms with van der Waals surface area (Å²) in [6.45, 7) is 0. The highest BCUT2D eigenvalue weighted by Gasteiger charge is 2.08. The Balaban J connectivity index is 2.37. The third-order valence-electron chi connectivity index (χ3n) is 2.24. The van der Waals surface area contributed by atoms with Crippen LogP contribution in [0, 0.1) is 0 Å². The first kappa shape index (κ1) is 13.3. The van der Waals surface area contributed by atoms with Gasteiger partial charge in [-0.05, 0) is 30.3 Å². The number of benzene rings is 1. The van der Waals surface area contributed by atoms with E-state index in [1.165, 1.54) is 0 Å². The molecule has 0 amide bonds. The molecule has 0 aliphatic heterocycles. The Labute approximate surface area is 123 Å². The van der Waals surface area contributed by atoms with Crippen molar-refractivity contribution < 1.29 is 0 Å². The van der Waals surface area contributed by atoms with E-state index in [1.54, 1.807) is 18.3 Å². The van der Waals surface area contributed by atoms with E-state index >= 15 is 0 Å². The number of nitrogens with zero attached hydrogens (tertiary/aromatic N) is 1. The zero-order valence-electron chi connectivity index (χ0n) is 9.15. The van der Waals surface area contributed by atoms with Crippen LogP contribution in [0.15, 0.2) is 41.0 Å². The van der Waals surface area contributed by atoms with Crippen LogP contribution in [0.1, 0.15) is 5.69 Å². The summed E-state index contributed by atoms with van der Waals surface area (Å²) >= 11 is 14.4. The van der Waals surface area contributed by atoms with Gasteiger partial charge in [0.05, 0.1) is 16.4 Å². The predicted molar refractivity (Wildman–Crippen MR) is 82.6 cm³/mol. The zero-order chi connectivity index (χ0) is 13.1. The van der Waals surface area contributed by atoms with Gasteiger partial charge in [-0.3, -0.25) is 4.98 Å². The van der Waals surface area contributed by atoms with Gasteiger partial charge in [0, 0.05) is 10.7 Å². The van der Waals surface area contributed by atoms with Gasteiger partial charge in [-0.1, -0.05) is 39.7 Å². The van der Waals surface area contributed by atoms with Crippen molar-refractivity contribution >= 4 is 56.1 Å². The molecule has 0 saturated carbocycles. The number of halogens is 2. The first-order chi connectivity index (χ1) is 8.58. The summed E-state index contributed by atoms with van der Waals surface area (Å²) in [7, 11) is 0. The van der Waals surface area contributed by atoms with Gasteiger partial charge in [-0.25, -0.2) is 0 Å². The maximum Gasteiger partial charge on any atom is 0.124 e. The van der Waals surface area contributed by atoms with Gasteiger partial charge in [0.1, 0.15) is 10.7 Å². The molecule has 0 bridgehead atoms. The van der Waals surface area contributed by atoms with Crippen LogP contribution in [0.25, 0.3) is 0 Å². The molecule has 0 aliphatic rings. The van der Waals surface area contributed by atoms with Crippen molar-refractivity contribution in [3.8, 4) is 0 Å².